The van der Waals surface area contributed by atoms with Gasteiger partial charge < -0.3 is 10.6 Å². The van der Waals surface area contributed by atoms with Crippen LogP contribution in [0.4, 0.5) is 5.13 Å². The number of para-hydroxylation sites is 1. The van der Waals surface area contributed by atoms with Crippen LogP contribution in [0.15, 0.2) is 48.5 Å². The average Bonchev–Trinajstić information content (AvgIpc) is 3.12. The second-order valence-electron chi connectivity index (χ2n) is 5.99. The number of amides is 3. The van der Waals surface area contributed by atoms with Crippen molar-refractivity contribution in [2.45, 2.75) is 6.92 Å². The molecule has 4 N–H and O–H groups in total. The summed E-state index contributed by atoms with van der Waals surface area (Å²) >= 11 is 1.44. The third-order valence-corrected chi connectivity index (χ3v) is 4.75. The second kappa shape index (κ2) is 8.96. The molecule has 0 aliphatic heterocycles. The zero-order valence-electron chi connectivity index (χ0n) is 15.1. The largest absolute Gasteiger partial charge is 0.352 e. The van der Waals surface area contributed by atoms with Crippen molar-refractivity contribution in [3.63, 3.8) is 0 Å². The molecule has 0 unspecified atom stereocenters. The number of aryl methyl sites for hydroxylation is 1. The summed E-state index contributed by atoms with van der Waals surface area (Å²) in [5.41, 5.74) is 6.89. The van der Waals surface area contributed by atoms with Gasteiger partial charge in [0.1, 0.15) is 0 Å². The van der Waals surface area contributed by atoms with Crippen molar-refractivity contribution in [2.24, 2.45) is 0 Å². The molecule has 0 bridgehead atoms. The van der Waals surface area contributed by atoms with Crippen molar-refractivity contribution in [2.75, 3.05) is 18.4 Å². The Hall–Kier alpha value is -3.46. The Morgan fingerprint density at radius 3 is 2.32 bits per heavy atom. The number of fused-ring (bicyclic) bond motifs is 1. The van der Waals surface area contributed by atoms with Crippen LogP contribution in [-0.2, 0) is 9.59 Å². The maximum absolute atomic E-state index is 11.9. The quantitative estimate of drug-likeness (QED) is 0.472. The van der Waals surface area contributed by atoms with Crippen molar-refractivity contribution in [1.29, 1.82) is 0 Å². The van der Waals surface area contributed by atoms with Crippen LogP contribution >= 0.6 is 11.3 Å². The number of thiazole rings is 1. The van der Waals surface area contributed by atoms with Gasteiger partial charge in [0.05, 0.1) is 23.3 Å². The molecule has 144 valence electrons. The van der Waals surface area contributed by atoms with Crippen LogP contribution in [0.1, 0.15) is 15.9 Å². The number of carbonyl (C=O) groups excluding carboxylic acids is 3. The summed E-state index contributed by atoms with van der Waals surface area (Å²) in [7, 11) is 0. The molecule has 2 aromatic carbocycles. The first-order valence-corrected chi connectivity index (χ1v) is 9.35. The summed E-state index contributed by atoms with van der Waals surface area (Å²) in [5.74, 6) is -1.33. The number of nitrogens with one attached hydrogen (secondary N) is 4. The first-order chi connectivity index (χ1) is 13.5. The van der Waals surface area contributed by atoms with Gasteiger partial charge in [-0.15, -0.1) is 0 Å². The smallest absolute Gasteiger partial charge is 0.257 e. The van der Waals surface area contributed by atoms with E-state index in [2.05, 4.69) is 26.5 Å². The van der Waals surface area contributed by atoms with Crippen molar-refractivity contribution < 1.29 is 14.4 Å². The molecule has 9 heteroatoms. The SMILES string of the molecule is Cc1ccc(C(=O)NCC(=O)NNC(=O)CNc2nc3ccccc3s2)cc1. The number of benzene rings is 2. The van der Waals surface area contributed by atoms with Gasteiger partial charge in [-0.05, 0) is 31.2 Å². The summed E-state index contributed by atoms with van der Waals surface area (Å²) in [5, 5.41) is 6.02. The number of anilines is 1. The normalized spacial score (nSPS) is 10.3. The molecule has 0 saturated heterocycles. The van der Waals surface area contributed by atoms with Crippen molar-refractivity contribution in [3.05, 3.63) is 59.7 Å². The fourth-order valence-electron chi connectivity index (χ4n) is 2.30. The first kappa shape index (κ1) is 19.3. The van der Waals surface area contributed by atoms with Gasteiger partial charge in [-0.25, -0.2) is 4.98 Å². The Kier molecular flexibility index (Phi) is 6.18. The van der Waals surface area contributed by atoms with Gasteiger partial charge >= 0.3 is 0 Å². The highest BCUT2D eigenvalue weighted by Gasteiger charge is 2.09. The molecule has 0 aliphatic rings. The Bertz CT molecular complexity index is 967. The van der Waals surface area contributed by atoms with Gasteiger partial charge in [0, 0.05) is 5.56 Å². The van der Waals surface area contributed by atoms with Crippen molar-refractivity contribution in [1.82, 2.24) is 21.2 Å². The predicted molar refractivity (Wildman–Crippen MR) is 108 cm³/mol. The summed E-state index contributed by atoms with van der Waals surface area (Å²) in [4.78, 5) is 39.9. The minimum atomic E-state index is -0.534. The van der Waals surface area contributed by atoms with E-state index in [0.29, 0.717) is 10.7 Å². The summed E-state index contributed by atoms with van der Waals surface area (Å²) in [6, 6.07) is 14.6. The van der Waals surface area contributed by atoms with Crippen LogP contribution in [-0.4, -0.2) is 35.8 Å². The Labute approximate surface area is 165 Å². The summed E-state index contributed by atoms with van der Waals surface area (Å²) < 4.78 is 1.02. The van der Waals surface area contributed by atoms with Crippen LogP contribution in [0.5, 0.6) is 0 Å². The zero-order valence-corrected chi connectivity index (χ0v) is 15.9. The van der Waals surface area contributed by atoms with Crippen LogP contribution in [0.25, 0.3) is 10.2 Å². The van der Waals surface area contributed by atoms with Crippen LogP contribution < -0.4 is 21.5 Å². The van der Waals surface area contributed by atoms with Gasteiger partial charge in [0.2, 0.25) is 0 Å². The molecule has 1 aromatic heterocycles. The highest BCUT2D eigenvalue weighted by atomic mass is 32.1. The number of rotatable bonds is 6. The Morgan fingerprint density at radius 2 is 1.61 bits per heavy atom. The lowest BCUT2D eigenvalue weighted by atomic mass is 10.1. The van der Waals surface area contributed by atoms with Gasteiger partial charge in [-0.2, -0.15) is 0 Å². The molecule has 0 aliphatic carbocycles. The number of nitrogens with zero attached hydrogens (tertiary/aromatic N) is 1. The summed E-state index contributed by atoms with van der Waals surface area (Å²) in [6.45, 7) is 1.62. The van der Waals surface area contributed by atoms with E-state index < -0.39 is 11.8 Å². The molecule has 8 nitrogen and oxygen atoms in total. The van der Waals surface area contributed by atoms with Crippen molar-refractivity contribution in [3.8, 4) is 0 Å². The molecule has 1 heterocycles. The van der Waals surface area contributed by atoms with E-state index in [0.717, 1.165) is 15.8 Å². The maximum atomic E-state index is 11.9. The second-order valence-corrected chi connectivity index (χ2v) is 7.02. The minimum absolute atomic E-state index is 0.0458. The Morgan fingerprint density at radius 1 is 0.929 bits per heavy atom. The highest BCUT2D eigenvalue weighted by molar-refractivity contribution is 7.22. The van der Waals surface area contributed by atoms with E-state index in [9.17, 15) is 14.4 Å². The lowest BCUT2D eigenvalue weighted by Gasteiger charge is -2.09. The van der Waals surface area contributed by atoms with Gasteiger partial charge in [0.25, 0.3) is 17.7 Å². The molecule has 0 atom stereocenters. The van der Waals surface area contributed by atoms with Crippen LogP contribution in [0.3, 0.4) is 0 Å². The predicted octanol–water partition coefficient (Wildman–Crippen LogP) is 1.59. The lowest BCUT2D eigenvalue weighted by Crippen LogP contribution is -2.47. The van der Waals surface area contributed by atoms with E-state index in [1.807, 2.05) is 43.3 Å². The van der Waals surface area contributed by atoms with E-state index in [-0.39, 0.29) is 19.0 Å². The number of aromatic nitrogens is 1. The first-order valence-electron chi connectivity index (χ1n) is 8.53. The third kappa shape index (κ3) is 5.27. The van der Waals surface area contributed by atoms with E-state index in [1.165, 1.54) is 11.3 Å². The monoisotopic (exact) mass is 397 g/mol. The average molecular weight is 397 g/mol. The van der Waals surface area contributed by atoms with Gasteiger partial charge in [-0.3, -0.25) is 25.2 Å². The van der Waals surface area contributed by atoms with Gasteiger partial charge in [-0.1, -0.05) is 41.2 Å². The number of hydrogen-bond donors (Lipinski definition) is 4. The topological polar surface area (TPSA) is 112 Å². The molecule has 0 saturated carbocycles. The standard InChI is InChI=1S/C19H19N5O3S/c1-12-6-8-13(9-7-12)18(27)20-10-16(25)23-24-17(26)11-21-19-22-14-4-2-3-5-15(14)28-19/h2-9H,10-11H2,1H3,(H,20,27)(H,21,22)(H,23,25)(H,24,26). The summed E-state index contributed by atoms with van der Waals surface area (Å²) in [6.07, 6.45) is 0. The number of hydrogen-bond acceptors (Lipinski definition) is 6. The zero-order chi connectivity index (χ0) is 19.9. The molecule has 28 heavy (non-hydrogen) atoms. The third-order valence-electron chi connectivity index (χ3n) is 3.76. The molecular formula is C19H19N5O3S. The van der Waals surface area contributed by atoms with Crippen LogP contribution in [0, 0.1) is 6.92 Å². The fraction of sp³-hybridized carbons (Fsp3) is 0.158. The van der Waals surface area contributed by atoms with E-state index in [4.69, 9.17) is 0 Å². The minimum Gasteiger partial charge on any atom is -0.352 e. The number of carbonyl (C=O) groups is 3. The highest BCUT2D eigenvalue weighted by Crippen LogP contribution is 2.24. The van der Waals surface area contributed by atoms with Crippen LogP contribution in [0.2, 0.25) is 0 Å². The van der Waals surface area contributed by atoms with Crippen molar-refractivity contribution >= 4 is 44.4 Å². The molecule has 0 radical (unpaired) electrons. The molecule has 0 spiro atoms. The molecule has 3 rings (SSSR count). The fourth-order valence-corrected chi connectivity index (χ4v) is 3.16. The molecule has 3 aromatic rings. The molecular weight excluding hydrogens is 378 g/mol. The Balaban J connectivity index is 1.37. The lowest BCUT2D eigenvalue weighted by molar-refractivity contribution is -0.127. The number of hydrazine groups is 1. The van der Waals surface area contributed by atoms with E-state index in [1.54, 1.807) is 12.1 Å². The van der Waals surface area contributed by atoms with E-state index >= 15 is 0 Å². The molecule has 3 amide bonds. The maximum Gasteiger partial charge on any atom is 0.257 e. The molecule has 0 fully saturated rings. The van der Waals surface area contributed by atoms with Gasteiger partial charge in [0.15, 0.2) is 5.13 Å².